The molecule has 1 aromatic heterocycles. The van der Waals surface area contributed by atoms with Crippen molar-refractivity contribution >= 4 is 16.9 Å². The predicted octanol–water partition coefficient (Wildman–Crippen LogP) is 5.78. The van der Waals surface area contributed by atoms with Gasteiger partial charge in [0.15, 0.2) is 0 Å². The molecule has 2 aliphatic heterocycles. The van der Waals surface area contributed by atoms with Gasteiger partial charge in [-0.15, -0.1) is 0 Å². The third-order valence-corrected chi connectivity index (χ3v) is 8.35. The second kappa shape index (κ2) is 9.24. The molecule has 1 saturated carbocycles. The zero-order valence-electron chi connectivity index (χ0n) is 21.3. The lowest BCUT2D eigenvalue weighted by molar-refractivity contribution is -0.0429. The van der Waals surface area contributed by atoms with Gasteiger partial charge in [-0.1, -0.05) is 37.5 Å². The van der Waals surface area contributed by atoms with E-state index in [9.17, 15) is 9.90 Å². The molecule has 3 heterocycles. The molecule has 1 saturated heterocycles. The second-order valence-corrected chi connectivity index (χ2v) is 11.3. The van der Waals surface area contributed by atoms with Crippen molar-refractivity contribution in [2.45, 2.75) is 56.6 Å². The molecule has 0 unspecified atom stereocenters. The summed E-state index contributed by atoms with van der Waals surface area (Å²) in [4.78, 5) is 14.2. The number of nitrogens with zero attached hydrogens (tertiary/aromatic N) is 2. The number of hydrogen-bond donors (Lipinski definition) is 1. The minimum Gasteiger partial charge on any atom is -0.490 e. The average Bonchev–Trinajstić information content (AvgIpc) is 3.40. The summed E-state index contributed by atoms with van der Waals surface area (Å²) >= 11 is 0. The van der Waals surface area contributed by atoms with Crippen molar-refractivity contribution in [1.29, 1.82) is 0 Å². The number of hydrogen-bond acceptors (Lipinski definition) is 4. The second-order valence-electron chi connectivity index (χ2n) is 11.3. The molecule has 0 radical (unpaired) electrons. The molecule has 3 aromatic rings. The molecule has 0 amide bonds. The highest BCUT2D eigenvalue weighted by Gasteiger charge is 2.44. The van der Waals surface area contributed by atoms with Crippen LogP contribution in [0, 0.1) is 5.92 Å². The smallest absolute Gasteiger partial charge is 0.335 e. The Balaban J connectivity index is 1.58. The van der Waals surface area contributed by atoms with Crippen molar-refractivity contribution in [3.63, 3.8) is 0 Å². The molecule has 2 atom stereocenters. The number of ether oxygens (including phenoxy) is 2. The molecule has 6 nitrogen and oxygen atoms in total. The van der Waals surface area contributed by atoms with Gasteiger partial charge in [0.1, 0.15) is 18.0 Å². The molecular weight excluding hydrogens is 452 g/mol. The summed E-state index contributed by atoms with van der Waals surface area (Å²) in [6.45, 7) is 2.85. The highest BCUT2D eigenvalue weighted by atomic mass is 16.5. The number of aromatic nitrogens is 1. The summed E-state index contributed by atoms with van der Waals surface area (Å²) in [5.41, 5.74) is 4.53. The van der Waals surface area contributed by atoms with Gasteiger partial charge >= 0.3 is 5.97 Å². The normalized spacial score (nSPS) is 24.4. The first-order chi connectivity index (χ1) is 17.4. The third kappa shape index (κ3) is 4.10. The van der Waals surface area contributed by atoms with Gasteiger partial charge in [0, 0.05) is 23.0 Å². The fraction of sp³-hybridized carbons (Fsp3) is 0.500. The van der Waals surface area contributed by atoms with E-state index >= 15 is 0 Å². The standard InChI is InChI=1S/C30H36N2O4/c1-31(2)16-20-15-30(36-17-20)18-32-25-14-22(29(33)34)12-13-23(25)27(21-8-4-3-5-9-21)28(32)24-10-6-7-11-26(24)35-19-30/h6-7,10-14,20-21H,3-5,8-9,15-19H2,1-2H3,(H,33,34)/t20-,30+/m1/s1. The Hall–Kier alpha value is -2.83. The van der Waals surface area contributed by atoms with Gasteiger partial charge in [0.05, 0.1) is 24.4 Å². The van der Waals surface area contributed by atoms with Crippen LogP contribution in [0.25, 0.3) is 22.2 Å². The van der Waals surface area contributed by atoms with Crippen LogP contribution in [0.2, 0.25) is 0 Å². The Morgan fingerprint density at radius 2 is 1.94 bits per heavy atom. The van der Waals surface area contributed by atoms with E-state index in [1.165, 1.54) is 48.7 Å². The Labute approximate surface area is 212 Å². The van der Waals surface area contributed by atoms with Gasteiger partial charge in [-0.25, -0.2) is 4.79 Å². The average molecular weight is 489 g/mol. The van der Waals surface area contributed by atoms with Gasteiger partial charge in [-0.3, -0.25) is 0 Å². The van der Waals surface area contributed by atoms with Gasteiger partial charge in [-0.05, 0) is 75.0 Å². The number of fused-ring (bicyclic) bond motifs is 5. The fourth-order valence-electron chi connectivity index (χ4n) is 6.88. The first kappa shape index (κ1) is 23.6. The molecule has 2 fully saturated rings. The van der Waals surface area contributed by atoms with Crippen LogP contribution in [0.4, 0.5) is 0 Å². The molecule has 190 valence electrons. The highest BCUT2D eigenvalue weighted by Crippen LogP contribution is 2.48. The van der Waals surface area contributed by atoms with Crippen LogP contribution in [0.5, 0.6) is 5.75 Å². The van der Waals surface area contributed by atoms with Crippen LogP contribution in [0.15, 0.2) is 42.5 Å². The van der Waals surface area contributed by atoms with Crippen LogP contribution in [0.1, 0.15) is 60.4 Å². The molecule has 6 rings (SSSR count). The van der Waals surface area contributed by atoms with Crippen molar-refractivity contribution < 1.29 is 19.4 Å². The van der Waals surface area contributed by atoms with Crippen molar-refractivity contribution in [3.8, 4) is 17.0 Å². The number of rotatable bonds is 4. The molecule has 1 aliphatic carbocycles. The summed E-state index contributed by atoms with van der Waals surface area (Å²) in [6.07, 6.45) is 7.02. The van der Waals surface area contributed by atoms with Crippen molar-refractivity contribution in [2.24, 2.45) is 5.92 Å². The fourth-order valence-corrected chi connectivity index (χ4v) is 6.88. The van der Waals surface area contributed by atoms with E-state index in [1.807, 2.05) is 18.2 Å². The third-order valence-electron chi connectivity index (χ3n) is 8.35. The molecule has 1 spiro atoms. The quantitative estimate of drug-likeness (QED) is 0.504. The van der Waals surface area contributed by atoms with E-state index < -0.39 is 11.6 Å². The van der Waals surface area contributed by atoms with E-state index in [1.54, 1.807) is 6.07 Å². The van der Waals surface area contributed by atoms with E-state index in [4.69, 9.17) is 9.47 Å². The largest absolute Gasteiger partial charge is 0.490 e. The molecule has 36 heavy (non-hydrogen) atoms. The van der Waals surface area contributed by atoms with E-state index in [2.05, 4.69) is 41.8 Å². The van der Waals surface area contributed by atoms with Crippen molar-refractivity contribution in [3.05, 3.63) is 53.6 Å². The van der Waals surface area contributed by atoms with Gasteiger partial charge in [0.25, 0.3) is 0 Å². The van der Waals surface area contributed by atoms with E-state index in [-0.39, 0.29) is 0 Å². The maximum absolute atomic E-state index is 12.0. The Kier molecular flexibility index (Phi) is 6.05. The monoisotopic (exact) mass is 488 g/mol. The number of para-hydroxylation sites is 1. The first-order valence-electron chi connectivity index (χ1n) is 13.3. The zero-order valence-corrected chi connectivity index (χ0v) is 21.3. The number of aromatic carboxylic acids is 1. The van der Waals surface area contributed by atoms with Gasteiger partial charge < -0.3 is 24.0 Å². The number of carboxylic acid groups (broad SMARTS) is 1. The summed E-state index contributed by atoms with van der Waals surface area (Å²) in [7, 11) is 4.22. The summed E-state index contributed by atoms with van der Waals surface area (Å²) < 4.78 is 15.5. The molecule has 3 aliphatic rings. The van der Waals surface area contributed by atoms with E-state index in [0.29, 0.717) is 37.2 Å². The lowest BCUT2D eigenvalue weighted by atomic mass is 9.81. The first-order valence-corrected chi connectivity index (χ1v) is 13.3. The van der Waals surface area contributed by atoms with Crippen molar-refractivity contribution in [2.75, 3.05) is 33.9 Å². The number of carbonyl (C=O) groups is 1. The molecule has 2 aromatic carbocycles. The molecular formula is C30H36N2O4. The highest BCUT2D eigenvalue weighted by molar-refractivity contribution is 5.98. The van der Waals surface area contributed by atoms with Crippen LogP contribution < -0.4 is 4.74 Å². The lowest BCUT2D eigenvalue weighted by Crippen LogP contribution is -2.41. The van der Waals surface area contributed by atoms with Gasteiger partial charge in [0.2, 0.25) is 0 Å². The predicted molar refractivity (Wildman–Crippen MR) is 141 cm³/mol. The summed E-state index contributed by atoms with van der Waals surface area (Å²) in [5.74, 6) is 0.897. The Bertz CT molecular complexity index is 1290. The molecule has 6 heteroatoms. The topological polar surface area (TPSA) is 63.9 Å². The van der Waals surface area contributed by atoms with Crippen LogP contribution in [0.3, 0.4) is 0 Å². The van der Waals surface area contributed by atoms with Crippen molar-refractivity contribution in [1.82, 2.24) is 9.47 Å². The number of benzene rings is 2. The zero-order chi connectivity index (χ0) is 24.9. The molecule has 0 bridgehead atoms. The Morgan fingerprint density at radius 3 is 2.72 bits per heavy atom. The lowest BCUT2D eigenvalue weighted by Gasteiger charge is -2.34. The van der Waals surface area contributed by atoms with Crippen LogP contribution >= 0.6 is 0 Å². The van der Waals surface area contributed by atoms with Gasteiger partial charge in [-0.2, -0.15) is 0 Å². The summed E-state index contributed by atoms with van der Waals surface area (Å²) in [5, 5.41) is 11.0. The van der Waals surface area contributed by atoms with E-state index in [0.717, 1.165) is 29.8 Å². The minimum absolute atomic E-state index is 0.330. The minimum atomic E-state index is -0.890. The SMILES string of the molecule is CN(C)C[C@@H]1CO[C@@]2(COc3ccccc3-c3c(C4CCCCC4)c4ccc(C(=O)O)cc4n3C2)C1. The maximum Gasteiger partial charge on any atom is 0.335 e. The molecule has 1 N–H and O–H groups in total. The van der Waals surface area contributed by atoms with Crippen LogP contribution in [-0.2, 0) is 11.3 Å². The maximum atomic E-state index is 12.0. The van der Waals surface area contributed by atoms with Crippen LogP contribution in [-0.4, -0.2) is 60.0 Å². The summed E-state index contributed by atoms with van der Waals surface area (Å²) in [6, 6.07) is 14.0. The Morgan fingerprint density at radius 1 is 1.14 bits per heavy atom. The number of carboxylic acids is 1.